The Hall–Kier alpha value is -1.60. The Balaban J connectivity index is 2.32. The van der Waals surface area contributed by atoms with Gasteiger partial charge in [0.05, 0.1) is 22.2 Å². The van der Waals surface area contributed by atoms with E-state index in [1.807, 2.05) is 0 Å². The molecule has 0 atom stereocenters. The second kappa shape index (κ2) is 5.58. The molecule has 5 nitrogen and oxygen atoms in total. The van der Waals surface area contributed by atoms with Crippen molar-refractivity contribution in [1.29, 1.82) is 0 Å². The average Bonchev–Trinajstić information content (AvgIpc) is 2.39. The second-order valence-electron chi connectivity index (χ2n) is 3.64. The number of hydrogen-bond acceptors (Lipinski definition) is 4. The smallest absolute Gasteiger partial charge is 0.261 e. The summed E-state index contributed by atoms with van der Waals surface area (Å²) in [6, 6.07) is 7.72. The van der Waals surface area contributed by atoms with E-state index in [0.717, 1.165) is 0 Å². The van der Waals surface area contributed by atoms with Gasteiger partial charge in [-0.25, -0.2) is 8.42 Å². The zero-order chi connectivity index (χ0) is 13.9. The first-order valence-corrected chi connectivity index (χ1v) is 7.57. The highest BCUT2D eigenvalue weighted by Crippen LogP contribution is 2.28. The maximum atomic E-state index is 12.2. The molecule has 1 aromatic carbocycles. The van der Waals surface area contributed by atoms with Crippen LogP contribution in [0.15, 0.2) is 52.1 Å². The minimum Gasteiger partial charge on any atom is -0.496 e. The molecule has 1 N–H and O–H groups in total. The monoisotopic (exact) mass is 342 g/mol. The van der Waals surface area contributed by atoms with Crippen LogP contribution in [0.1, 0.15) is 0 Å². The molecule has 0 aliphatic rings. The lowest BCUT2D eigenvalue weighted by Crippen LogP contribution is -2.12. The molecule has 1 aromatic heterocycles. The second-order valence-corrected chi connectivity index (χ2v) is 6.17. The largest absolute Gasteiger partial charge is 0.496 e. The van der Waals surface area contributed by atoms with Gasteiger partial charge in [0.25, 0.3) is 10.0 Å². The molecular weight excluding hydrogens is 332 g/mol. The normalized spacial score (nSPS) is 11.1. The van der Waals surface area contributed by atoms with Crippen LogP contribution in [0.4, 0.5) is 5.69 Å². The van der Waals surface area contributed by atoms with Crippen molar-refractivity contribution in [3.05, 3.63) is 47.2 Å². The average molecular weight is 343 g/mol. The number of hydrogen-bond donors (Lipinski definition) is 1. The van der Waals surface area contributed by atoms with Gasteiger partial charge in [0.2, 0.25) is 0 Å². The van der Waals surface area contributed by atoms with Crippen LogP contribution in [0.5, 0.6) is 5.75 Å². The Morgan fingerprint density at radius 2 is 1.89 bits per heavy atom. The Labute approximate surface area is 119 Å². The zero-order valence-electron chi connectivity index (χ0n) is 10.00. The molecule has 7 heteroatoms. The van der Waals surface area contributed by atoms with E-state index in [4.69, 9.17) is 4.74 Å². The minimum absolute atomic E-state index is 0.150. The summed E-state index contributed by atoms with van der Waals surface area (Å²) in [6.45, 7) is 0. The first-order valence-electron chi connectivity index (χ1n) is 5.29. The number of halogens is 1. The summed E-state index contributed by atoms with van der Waals surface area (Å²) < 4.78 is 32.4. The Morgan fingerprint density at radius 1 is 1.21 bits per heavy atom. The van der Waals surface area contributed by atoms with Gasteiger partial charge in [0.1, 0.15) is 5.75 Å². The highest BCUT2D eigenvalue weighted by Gasteiger charge is 2.15. The van der Waals surface area contributed by atoms with Gasteiger partial charge in [-0.05, 0) is 46.3 Å². The van der Waals surface area contributed by atoms with Crippen LogP contribution in [0, 0.1) is 0 Å². The van der Waals surface area contributed by atoms with Gasteiger partial charge in [-0.2, -0.15) is 0 Å². The van der Waals surface area contributed by atoms with Crippen molar-refractivity contribution in [1.82, 2.24) is 4.98 Å². The molecule has 19 heavy (non-hydrogen) atoms. The third-order valence-electron chi connectivity index (χ3n) is 2.37. The van der Waals surface area contributed by atoms with Crippen LogP contribution < -0.4 is 9.46 Å². The van der Waals surface area contributed by atoms with Crippen molar-refractivity contribution in [3.8, 4) is 5.75 Å². The molecule has 0 unspecified atom stereocenters. The van der Waals surface area contributed by atoms with E-state index >= 15 is 0 Å². The number of rotatable bonds is 4. The molecule has 0 saturated heterocycles. The molecule has 0 aliphatic carbocycles. The number of nitrogens with one attached hydrogen (secondary N) is 1. The van der Waals surface area contributed by atoms with Crippen LogP contribution >= 0.6 is 15.9 Å². The van der Waals surface area contributed by atoms with Crippen molar-refractivity contribution >= 4 is 31.6 Å². The minimum atomic E-state index is -3.62. The standard InChI is InChI=1S/C12H11BrN2O3S/c1-18-12-3-2-10(8-11(12)13)19(16,17)15-9-4-6-14-7-5-9/h2-8H,1H3,(H,14,15). The third kappa shape index (κ3) is 3.24. The summed E-state index contributed by atoms with van der Waals surface area (Å²) in [4.78, 5) is 3.98. The SMILES string of the molecule is COc1ccc(S(=O)(=O)Nc2ccncc2)cc1Br. The first kappa shape index (κ1) is 13.8. The summed E-state index contributed by atoms with van der Waals surface area (Å²) in [5.41, 5.74) is 0.460. The molecule has 2 rings (SSSR count). The molecule has 0 aliphatic heterocycles. The lowest BCUT2D eigenvalue weighted by atomic mass is 10.3. The van der Waals surface area contributed by atoms with Gasteiger partial charge in [-0.1, -0.05) is 0 Å². The molecule has 0 saturated carbocycles. The van der Waals surface area contributed by atoms with Crippen molar-refractivity contribution in [3.63, 3.8) is 0 Å². The Kier molecular flexibility index (Phi) is 4.06. The first-order chi connectivity index (χ1) is 9.03. The van der Waals surface area contributed by atoms with Crippen LogP contribution in [0.3, 0.4) is 0 Å². The quantitative estimate of drug-likeness (QED) is 0.927. The Morgan fingerprint density at radius 3 is 2.47 bits per heavy atom. The van der Waals surface area contributed by atoms with E-state index in [1.54, 1.807) is 18.2 Å². The maximum absolute atomic E-state index is 12.2. The van der Waals surface area contributed by atoms with Crippen LogP contribution in [0.25, 0.3) is 0 Å². The number of methoxy groups -OCH3 is 1. The van der Waals surface area contributed by atoms with Gasteiger partial charge in [-0.3, -0.25) is 9.71 Å². The third-order valence-corrected chi connectivity index (χ3v) is 4.36. The number of nitrogens with zero attached hydrogens (tertiary/aromatic N) is 1. The van der Waals surface area contributed by atoms with Crippen molar-refractivity contribution in [2.75, 3.05) is 11.8 Å². The highest BCUT2D eigenvalue weighted by molar-refractivity contribution is 9.10. The maximum Gasteiger partial charge on any atom is 0.261 e. The van der Waals surface area contributed by atoms with Crippen LogP contribution in [-0.2, 0) is 10.0 Å². The van der Waals surface area contributed by atoms with Crippen molar-refractivity contribution in [2.24, 2.45) is 0 Å². The molecular formula is C12H11BrN2O3S. The van der Waals surface area contributed by atoms with Gasteiger partial charge in [0, 0.05) is 12.4 Å². The molecule has 0 radical (unpaired) electrons. The molecule has 1 heterocycles. The van der Waals surface area contributed by atoms with Crippen LogP contribution in [0.2, 0.25) is 0 Å². The fraction of sp³-hybridized carbons (Fsp3) is 0.0833. The highest BCUT2D eigenvalue weighted by atomic mass is 79.9. The van der Waals surface area contributed by atoms with E-state index in [0.29, 0.717) is 15.9 Å². The summed E-state index contributed by atoms with van der Waals surface area (Å²) in [6.07, 6.45) is 3.03. The predicted molar refractivity (Wildman–Crippen MR) is 75.7 cm³/mol. The van der Waals surface area contributed by atoms with E-state index in [1.165, 1.54) is 31.6 Å². The number of pyridine rings is 1. The summed E-state index contributed by atoms with van der Waals surface area (Å²) in [7, 11) is -2.11. The zero-order valence-corrected chi connectivity index (χ0v) is 12.4. The van der Waals surface area contributed by atoms with E-state index in [-0.39, 0.29) is 4.90 Å². The lowest BCUT2D eigenvalue weighted by Gasteiger charge is -2.09. The molecule has 0 spiro atoms. The molecule has 100 valence electrons. The predicted octanol–water partition coefficient (Wildman–Crippen LogP) is 2.65. The fourth-order valence-electron chi connectivity index (χ4n) is 1.45. The van der Waals surface area contributed by atoms with Gasteiger partial charge < -0.3 is 4.74 Å². The molecule has 0 fully saturated rings. The van der Waals surface area contributed by atoms with E-state index in [9.17, 15) is 8.42 Å². The molecule has 2 aromatic rings. The Bertz CT molecular complexity index is 675. The van der Waals surface area contributed by atoms with Gasteiger partial charge in [-0.15, -0.1) is 0 Å². The van der Waals surface area contributed by atoms with Gasteiger partial charge >= 0.3 is 0 Å². The molecule has 0 amide bonds. The fourth-order valence-corrected chi connectivity index (χ4v) is 3.22. The van der Waals surface area contributed by atoms with Crippen molar-refractivity contribution in [2.45, 2.75) is 4.90 Å². The van der Waals surface area contributed by atoms with Gasteiger partial charge in [0.15, 0.2) is 0 Å². The van der Waals surface area contributed by atoms with E-state index < -0.39 is 10.0 Å². The molecule has 0 bridgehead atoms. The summed E-state index contributed by atoms with van der Waals surface area (Å²) >= 11 is 3.26. The number of benzene rings is 1. The summed E-state index contributed by atoms with van der Waals surface area (Å²) in [5, 5.41) is 0. The number of aromatic nitrogens is 1. The number of ether oxygens (including phenoxy) is 1. The topological polar surface area (TPSA) is 68.3 Å². The lowest BCUT2D eigenvalue weighted by molar-refractivity contribution is 0.411. The number of anilines is 1. The van der Waals surface area contributed by atoms with E-state index in [2.05, 4.69) is 25.6 Å². The van der Waals surface area contributed by atoms with Crippen LogP contribution in [-0.4, -0.2) is 20.5 Å². The summed E-state index contributed by atoms with van der Waals surface area (Å²) in [5.74, 6) is 0.572. The van der Waals surface area contributed by atoms with Crippen molar-refractivity contribution < 1.29 is 13.2 Å². The number of sulfonamides is 1.